The van der Waals surface area contributed by atoms with E-state index >= 15 is 0 Å². The number of hydrogen-bond acceptors (Lipinski definition) is 4. The lowest BCUT2D eigenvalue weighted by molar-refractivity contribution is -0.785. The lowest BCUT2D eigenvalue weighted by Gasteiger charge is -2.15. The van der Waals surface area contributed by atoms with Crippen molar-refractivity contribution in [2.24, 2.45) is 4.99 Å². The van der Waals surface area contributed by atoms with Gasteiger partial charge in [0.1, 0.15) is 6.20 Å². The number of nitrogens with two attached hydrogens (primary N) is 1. The van der Waals surface area contributed by atoms with E-state index < -0.39 is 0 Å². The van der Waals surface area contributed by atoms with E-state index in [2.05, 4.69) is 4.99 Å². The smallest absolute Gasteiger partial charge is 0.200 e. The maximum absolute atomic E-state index is 12.1. The molecule has 106 valence electrons. The average Bonchev–Trinajstić information content (AvgIpc) is 2.90. The molecule has 2 N–H and O–H groups in total. The molecule has 0 saturated heterocycles. The fourth-order valence-corrected chi connectivity index (χ4v) is 2.09. The fourth-order valence-electron chi connectivity index (χ4n) is 2.09. The van der Waals surface area contributed by atoms with E-state index in [1.807, 2.05) is 77.3 Å². The van der Waals surface area contributed by atoms with Crippen LogP contribution in [0, 0.1) is 0 Å². The minimum absolute atomic E-state index is 0.239. The van der Waals surface area contributed by atoms with Crippen LogP contribution in [0.5, 0.6) is 0 Å². The Balaban J connectivity index is 1.85. The van der Waals surface area contributed by atoms with Crippen molar-refractivity contribution in [2.45, 2.75) is 0 Å². The molecule has 0 unspecified atom stereocenters. The summed E-state index contributed by atoms with van der Waals surface area (Å²) in [4.78, 5) is 4.18. The maximum Gasteiger partial charge on any atom is 0.200 e. The molecule has 0 aliphatic carbocycles. The molecular weight excluding hydrogens is 264 g/mol. The Kier molecular flexibility index (Phi) is 3.57. The minimum Gasteiger partial charge on any atom is -0.858 e. The zero-order valence-corrected chi connectivity index (χ0v) is 11.7. The highest BCUT2D eigenvalue weighted by molar-refractivity contribution is 5.91. The van der Waals surface area contributed by atoms with Crippen molar-refractivity contribution >= 4 is 11.6 Å². The fraction of sp³-hybridized carbons (Fsp3) is 0.0625. The zero-order valence-electron chi connectivity index (χ0n) is 11.7. The Hall–Kier alpha value is -2.79. The normalized spacial score (nSPS) is 15.3. The van der Waals surface area contributed by atoms with E-state index in [9.17, 15) is 5.11 Å². The molecule has 1 aliphatic rings. The molecule has 0 saturated carbocycles. The van der Waals surface area contributed by atoms with Crippen LogP contribution in [0.25, 0.3) is 0 Å². The van der Waals surface area contributed by atoms with E-state index in [1.54, 1.807) is 12.1 Å². The van der Waals surface area contributed by atoms with Crippen LogP contribution in [0.2, 0.25) is 0 Å². The summed E-state index contributed by atoms with van der Waals surface area (Å²) in [5.41, 5.74) is 3.51. The van der Waals surface area contributed by atoms with Crippen LogP contribution in [0.3, 0.4) is 0 Å². The van der Waals surface area contributed by atoms with Gasteiger partial charge in [-0.15, -0.1) is 5.53 Å². The number of hydrogen-bond donors (Lipinski definition) is 1. The van der Waals surface area contributed by atoms with Crippen molar-refractivity contribution in [1.82, 2.24) is 5.01 Å². The third-order valence-electron chi connectivity index (χ3n) is 3.20. The molecule has 1 heterocycles. The molecule has 0 bridgehead atoms. The predicted octanol–water partition coefficient (Wildman–Crippen LogP) is 0.438. The average molecular weight is 280 g/mol. The third kappa shape index (κ3) is 2.88. The zero-order chi connectivity index (χ0) is 14.7. The largest absolute Gasteiger partial charge is 0.858 e. The summed E-state index contributed by atoms with van der Waals surface area (Å²) in [6.07, 6.45) is 1.84. The summed E-state index contributed by atoms with van der Waals surface area (Å²) in [6, 6.07) is 19.0. The van der Waals surface area contributed by atoms with Crippen molar-refractivity contribution in [3.05, 3.63) is 78.2 Å². The number of nitrogens with zero attached hydrogens (tertiary/aromatic N) is 3. The predicted molar refractivity (Wildman–Crippen MR) is 79.7 cm³/mol. The standard InChI is InChI=1S/C16H16N4O/c1-19-15(17-16(21)13-8-4-2-5-9-13)12-20(18-19)14-10-6-3-7-11-14/h2-12,18H,1H3,(H,17,21). The maximum atomic E-state index is 12.1. The second kappa shape index (κ2) is 5.68. The summed E-state index contributed by atoms with van der Waals surface area (Å²) in [6.45, 7) is 0. The van der Waals surface area contributed by atoms with Crippen LogP contribution in [0.15, 0.2) is 77.7 Å². The van der Waals surface area contributed by atoms with Crippen molar-refractivity contribution in [1.29, 1.82) is 0 Å². The van der Waals surface area contributed by atoms with Gasteiger partial charge in [0.15, 0.2) is 5.82 Å². The van der Waals surface area contributed by atoms with E-state index in [-0.39, 0.29) is 5.90 Å². The summed E-state index contributed by atoms with van der Waals surface area (Å²) >= 11 is 0. The summed E-state index contributed by atoms with van der Waals surface area (Å²) in [5.74, 6) is 0.379. The molecule has 0 fully saturated rings. The van der Waals surface area contributed by atoms with Crippen molar-refractivity contribution < 1.29 is 10.6 Å². The summed E-state index contributed by atoms with van der Waals surface area (Å²) in [7, 11) is 1.87. The second-order valence-electron chi connectivity index (χ2n) is 4.74. The molecule has 1 aliphatic heterocycles. The van der Waals surface area contributed by atoms with Crippen LogP contribution >= 0.6 is 0 Å². The van der Waals surface area contributed by atoms with Gasteiger partial charge in [0, 0.05) is 0 Å². The third-order valence-corrected chi connectivity index (χ3v) is 3.20. The first-order chi connectivity index (χ1) is 10.2. The van der Waals surface area contributed by atoms with Gasteiger partial charge in [-0.25, -0.2) is 4.99 Å². The molecule has 2 aromatic carbocycles. The highest BCUT2D eigenvalue weighted by Crippen LogP contribution is 2.15. The van der Waals surface area contributed by atoms with E-state index in [1.165, 1.54) is 0 Å². The Morgan fingerprint density at radius 2 is 1.62 bits per heavy atom. The number of para-hydroxylation sites is 1. The molecule has 2 aromatic rings. The Labute approximate surface area is 123 Å². The molecule has 5 nitrogen and oxygen atoms in total. The van der Waals surface area contributed by atoms with E-state index in [0.29, 0.717) is 11.4 Å². The van der Waals surface area contributed by atoms with Gasteiger partial charge < -0.3 is 5.11 Å². The first kappa shape index (κ1) is 13.2. The quantitative estimate of drug-likeness (QED) is 0.504. The van der Waals surface area contributed by atoms with Gasteiger partial charge in [-0.05, 0) is 23.6 Å². The van der Waals surface area contributed by atoms with Gasteiger partial charge >= 0.3 is 0 Å². The topological polar surface area (TPSA) is 58.5 Å². The molecule has 0 spiro atoms. The molecule has 5 heteroatoms. The van der Waals surface area contributed by atoms with E-state index in [0.717, 1.165) is 5.69 Å². The number of aliphatic imine (C=N–C) groups is 1. The Bertz CT molecular complexity index is 667. The minimum atomic E-state index is -0.239. The first-order valence-electron chi connectivity index (χ1n) is 6.68. The lowest BCUT2D eigenvalue weighted by Crippen LogP contribution is -2.97. The van der Waals surface area contributed by atoms with Crippen LogP contribution < -0.4 is 15.7 Å². The SMILES string of the molecule is CN1[NH2+]N(c2ccccc2)C=C1/N=C(\[O-])c1ccccc1. The van der Waals surface area contributed by atoms with Crippen LogP contribution in [-0.2, 0) is 0 Å². The molecule has 0 amide bonds. The second-order valence-corrected chi connectivity index (χ2v) is 4.74. The highest BCUT2D eigenvalue weighted by Gasteiger charge is 2.21. The molecule has 21 heavy (non-hydrogen) atoms. The van der Waals surface area contributed by atoms with Crippen LogP contribution in [0.4, 0.5) is 5.69 Å². The first-order valence-corrected chi connectivity index (χ1v) is 6.68. The van der Waals surface area contributed by atoms with Crippen LogP contribution in [-0.4, -0.2) is 18.0 Å². The molecule has 0 radical (unpaired) electrons. The van der Waals surface area contributed by atoms with Crippen LogP contribution in [0.1, 0.15) is 5.56 Å². The molecular formula is C16H16N4O. The highest BCUT2D eigenvalue weighted by atomic mass is 16.3. The number of benzene rings is 2. The van der Waals surface area contributed by atoms with Crippen molar-refractivity contribution in [3.63, 3.8) is 0 Å². The van der Waals surface area contributed by atoms with Crippen molar-refractivity contribution in [3.8, 4) is 0 Å². The van der Waals surface area contributed by atoms with Gasteiger partial charge in [-0.2, -0.15) is 10.0 Å². The van der Waals surface area contributed by atoms with Gasteiger partial charge in [0.2, 0.25) is 0 Å². The summed E-state index contributed by atoms with van der Waals surface area (Å²) < 4.78 is 0. The van der Waals surface area contributed by atoms with E-state index in [4.69, 9.17) is 0 Å². The molecule has 0 aromatic heterocycles. The van der Waals surface area contributed by atoms with Gasteiger partial charge in [0.05, 0.1) is 12.7 Å². The van der Waals surface area contributed by atoms with Gasteiger partial charge in [-0.3, -0.25) is 0 Å². The van der Waals surface area contributed by atoms with Gasteiger partial charge in [0.25, 0.3) is 0 Å². The number of anilines is 1. The Morgan fingerprint density at radius 3 is 2.29 bits per heavy atom. The number of quaternary nitrogens is 1. The van der Waals surface area contributed by atoms with Crippen molar-refractivity contribution in [2.75, 3.05) is 12.1 Å². The molecule has 3 rings (SSSR count). The molecule has 0 atom stereocenters. The summed E-state index contributed by atoms with van der Waals surface area (Å²) in [5, 5.41) is 15.9. The Morgan fingerprint density at radius 1 is 1.00 bits per heavy atom. The lowest BCUT2D eigenvalue weighted by atomic mass is 10.2. The van der Waals surface area contributed by atoms with Gasteiger partial charge in [-0.1, -0.05) is 48.5 Å². The monoisotopic (exact) mass is 280 g/mol. The number of rotatable bonds is 3.